The first-order chi connectivity index (χ1) is 9.78. The molecule has 0 aromatic heterocycles. The van der Waals surface area contributed by atoms with Crippen LogP contribution in [-0.2, 0) is 19.6 Å². The zero-order valence-electron chi connectivity index (χ0n) is 11.6. The molecule has 0 saturated heterocycles. The van der Waals surface area contributed by atoms with E-state index in [0.29, 0.717) is 5.75 Å². The van der Waals surface area contributed by atoms with Crippen molar-refractivity contribution in [2.75, 3.05) is 19.0 Å². The average Bonchev–Trinajstić information content (AvgIpc) is 2.41. The van der Waals surface area contributed by atoms with Crippen LogP contribution in [0.25, 0.3) is 0 Å². The van der Waals surface area contributed by atoms with E-state index >= 15 is 0 Å². The third-order valence-corrected chi connectivity index (χ3v) is 3.25. The van der Waals surface area contributed by atoms with Gasteiger partial charge in [0.15, 0.2) is 0 Å². The summed E-state index contributed by atoms with van der Waals surface area (Å²) < 4.78 is 39.4. The Balaban J connectivity index is 2.27. The summed E-state index contributed by atoms with van der Waals surface area (Å²) >= 11 is 0. The fourth-order valence-corrected chi connectivity index (χ4v) is 1.85. The van der Waals surface area contributed by atoms with E-state index in [9.17, 15) is 18.3 Å². The molecular formula is C13H18O7S. The summed E-state index contributed by atoms with van der Waals surface area (Å²) in [5, 5.41) is 9.61. The van der Waals surface area contributed by atoms with Crippen molar-refractivity contribution >= 4 is 16.1 Å². The average molecular weight is 318 g/mol. The number of para-hydroxylation sites is 1. The van der Waals surface area contributed by atoms with Gasteiger partial charge in [0, 0.05) is 0 Å². The van der Waals surface area contributed by atoms with Crippen molar-refractivity contribution in [1.82, 2.24) is 0 Å². The number of carbonyl (C=O) groups is 1. The van der Waals surface area contributed by atoms with Gasteiger partial charge in [-0.1, -0.05) is 18.2 Å². The van der Waals surface area contributed by atoms with E-state index in [-0.39, 0.29) is 13.2 Å². The summed E-state index contributed by atoms with van der Waals surface area (Å²) in [6, 6.07) is 7.26. The number of aryl methyl sites for hydroxylation is 1. The smallest absolute Gasteiger partial charge is 0.307 e. The first-order valence-corrected chi connectivity index (χ1v) is 7.86. The third kappa shape index (κ3) is 7.64. The maximum absolute atomic E-state index is 11.2. The van der Waals surface area contributed by atoms with Crippen molar-refractivity contribution in [3.8, 4) is 5.75 Å². The second-order valence-corrected chi connectivity index (χ2v) is 6.02. The zero-order valence-corrected chi connectivity index (χ0v) is 12.4. The Morgan fingerprint density at radius 1 is 1.29 bits per heavy atom. The zero-order chi connectivity index (χ0) is 15.9. The molecule has 0 aliphatic heterocycles. The van der Waals surface area contributed by atoms with Crippen LogP contribution in [-0.4, -0.2) is 49.1 Å². The number of aliphatic hydroxyl groups excluding tert-OH is 1. The van der Waals surface area contributed by atoms with Gasteiger partial charge in [-0.3, -0.25) is 9.35 Å². The number of carbonyl (C=O) groups excluding carboxylic acids is 1. The SMILES string of the molecule is Cc1ccccc1OC[C@@H](O)COC(=O)CCS(=O)(=O)O. The maximum atomic E-state index is 11.2. The first-order valence-electron chi connectivity index (χ1n) is 6.25. The second kappa shape index (κ2) is 7.96. The number of esters is 1. The van der Waals surface area contributed by atoms with Crippen LogP contribution in [0.3, 0.4) is 0 Å². The Morgan fingerprint density at radius 2 is 1.95 bits per heavy atom. The van der Waals surface area contributed by atoms with Gasteiger partial charge in [-0.05, 0) is 18.6 Å². The van der Waals surface area contributed by atoms with Gasteiger partial charge >= 0.3 is 5.97 Å². The lowest BCUT2D eigenvalue weighted by Gasteiger charge is -2.14. The number of benzene rings is 1. The summed E-state index contributed by atoms with van der Waals surface area (Å²) in [6.45, 7) is 1.49. The monoisotopic (exact) mass is 318 g/mol. The molecule has 0 bridgehead atoms. The van der Waals surface area contributed by atoms with Crippen LogP contribution in [0.4, 0.5) is 0 Å². The van der Waals surface area contributed by atoms with Crippen molar-refractivity contribution in [3.63, 3.8) is 0 Å². The molecule has 0 saturated carbocycles. The van der Waals surface area contributed by atoms with E-state index in [1.165, 1.54) is 0 Å². The van der Waals surface area contributed by atoms with E-state index in [1.54, 1.807) is 12.1 Å². The molecule has 0 unspecified atom stereocenters. The van der Waals surface area contributed by atoms with Crippen molar-refractivity contribution < 1.29 is 32.3 Å². The Bertz CT molecular complexity index is 568. The molecule has 0 amide bonds. The molecule has 21 heavy (non-hydrogen) atoms. The molecule has 1 atom stereocenters. The van der Waals surface area contributed by atoms with Crippen molar-refractivity contribution in [3.05, 3.63) is 29.8 Å². The van der Waals surface area contributed by atoms with Gasteiger partial charge in [0.1, 0.15) is 25.1 Å². The molecular weight excluding hydrogens is 300 g/mol. The lowest BCUT2D eigenvalue weighted by molar-refractivity contribution is -0.146. The number of aliphatic hydroxyl groups is 1. The van der Waals surface area contributed by atoms with Crippen LogP contribution in [0.1, 0.15) is 12.0 Å². The van der Waals surface area contributed by atoms with Gasteiger partial charge < -0.3 is 14.6 Å². The number of hydrogen-bond acceptors (Lipinski definition) is 6. The van der Waals surface area contributed by atoms with E-state index < -0.39 is 34.4 Å². The lowest BCUT2D eigenvalue weighted by atomic mass is 10.2. The van der Waals surface area contributed by atoms with E-state index in [2.05, 4.69) is 4.74 Å². The van der Waals surface area contributed by atoms with E-state index in [4.69, 9.17) is 9.29 Å². The standard InChI is InChI=1S/C13H18O7S/c1-10-4-2-3-5-12(10)19-8-11(14)9-20-13(15)6-7-21(16,17)18/h2-5,11,14H,6-9H2,1H3,(H,16,17,18)/t11-/m1/s1. The van der Waals surface area contributed by atoms with Crippen LogP contribution in [0.15, 0.2) is 24.3 Å². The van der Waals surface area contributed by atoms with Gasteiger partial charge in [0.25, 0.3) is 10.1 Å². The van der Waals surface area contributed by atoms with Crippen LogP contribution in [0.2, 0.25) is 0 Å². The van der Waals surface area contributed by atoms with Crippen LogP contribution in [0.5, 0.6) is 5.75 Å². The molecule has 0 aliphatic carbocycles. The van der Waals surface area contributed by atoms with Crippen LogP contribution in [0, 0.1) is 6.92 Å². The summed E-state index contributed by atoms with van der Waals surface area (Å²) in [6.07, 6.45) is -1.50. The molecule has 7 nitrogen and oxygen atoms in total. The minimum atomic E-state index is -4.20. The van der Waals surface area contributed by atoms with Crippen molar-refractivity contribution in [1.29, 1.82) is 0 Å². The topological polar surface area (TPSA) is 110 Å². The largest absolute Gasteiger partial charge is 0.490 e. The molecule has 0 heterocycles. The van der Waals surface area contributed by atoms with Gasteiger partial charge in [0.05, 0.1) is 12.2 Å². The molecule has 2 N–H and O–H groups in total. The predicted octanol–water partition coefficient (Wildman–Crippen LogP) is 0.556. The highest BCUT2D eigenvalue weighted by Crippen LogP contribution is 2.16. The third-order valence-electron chi connectivity index (χ3n) is 2.53. The van der Waals surface area contributed by atoms with Crippen molar-refractivity contribution in [2.45, 2.75) is 19.4 Å². The highest BCUT2D eigenvalue weighted by molar-refractivity contribution is 7.85. The van der Waals surface area contributed by atoms with Crippen LogP contribution < -0.4 is 4.74 Å². The van der Waals surface area contributed by atoms with Gasteiger partial charge in [0.2, 0.25) is 0 Å². The minimum absolute atomic E-state index is 0.0591. The van der Waals surface area contributed by atoms with Gasteiger partial charge in [-0.2, -0.15) is 8.42 Å². The molecule has 8 heteroatoms. The molecule has 1 aromatic carbocycles. The lowest BCUT2D eigenvalue weighted by Crippen LogP contribution is -2.26. The highest BCUT2D eigenvalue weighted by atomic mass is 32.2. The Hall–Kier alpha value is -1.64. The maximum Gasteiger partial charge on any atom is 0.307 e. The molecule has 1 rings (SSSR count). The van der Waals surface area contributed by atoms with E-state index in [1.807, 2.05) is 19.1 Å². The number of hydrogen-bond donors (Lipinski definition) is 2. The quantitative estimate of drug-likeness (QED) is 0.532. The number of ether oxygens (including phenoxy) is 2. The Kier molecular flexibility index (Phi) is 6.60. The normalized spacial score (nSPS) is 12.7. The molecule has 0 fully saturated rings. The minimum Gasteiger partial charge on any atom is -0.490 e. The molecule has 0 aliphatic rings. The summed E-state index contributed by atoms with van der Waals surface area (Å²) in [4.78, 5) is 11.2. The Labute approximate surface area is 123 Å². The fourth-order valence-electron chi connectivity index (χ4n) is 1.43. The summed E-state index contributed by atoms with van der Waals surface area (Å²) in [5.41, 5.74) is 0.912. The van der Waals surface area contributed by atoms with Crippen LogP contribution >= 0.6 is 0 Å². The molecule has 118 valence electrons. The first kappa shape index (κ1) is 17.4. The number of rotatable bonds is 8. The fraction of sp³-hybridized carbons (Fsp3) is 0.462. The molecule has 1 aromatic rings. The van der Waals surface area contributed by atoms with Gasteiger partial charge in [-0.25, -0.2) is 0 Å². The summed E-state index contributed by atoms with van der Waals surface area (Å²) in [7, 11) is -4.20. The predicted molar refractivity (Wildman–Crippen MR) is 74.7 cm³/mol. The van der Waals surface area contributed by atoms with Crippen molar-refractivity contribution in [2.24, 2.45) is 0 Å². The molecule has 0 spiro atoms. The van der Waals surface area contributed by atoms with Gasteiger partial charge in [-0.15, -0.1) is 0 Å². The van der Waals surface area contributed by atoms with E-state index in [0.717, 1.165) is 5.56 Å². The molecule has 0 radical (unpaired) electrons. The summed E-state index contributed by atoms with van der Waals surface area (Å²) in [5.74, 6) is -0.904. The second-order valence-electron chi connectivity index (χ2n) is 4.45. The Morgan fingerprint density at radius 3 is 2.57 bits per heavy atom. The highest BCUT2D eigenvalue weighted by Gasteiger charge is 2.13.